The third kappa shape index (κ3) is 4.70. The van der Waals surface area contributed by atoms with Crippen molar-refractivity contribution in [2.24, 2.45) is 0 Å². The number of aliphatic carboxylic acids is 1. The van der Waals surface area contributed by atoms with Gasteiger partial charge in [-0.15, -0.1) is 0 Å². The average molecular weight is 272 g/mol. The van der Waals surface area contributed by atoms with E-state index in [2.05, 4.69) is 0 Å². The third-order valence-corrected chi connectivity index (χ3v) is 3.58. The van der Waals surface area contributed by atoms with Crippen molar-refractivity contribution in [1.29, 1.82) is 0 Å². The summed E-state index contributed by atoms with van der Waals surface area (Å²) in [6.45, 7) is 3.38. The maximum absolute atomic E-state index is 12.4. The number of hydrogen-bond donors (Lipinski definition) is 2. The minimum atomic E-state index is -0.892. The summed E-state index contributed by atoms with van der Waals surface area (Å²) in [5.41, 5.74) is 0. The number of likely N-dealkylation sites (tertiary alicyclic amines) is 1. The van der Waals surface area contributed by atoms with Crippen molar-refractivity contribution in [3.8, 4) is 0 Å². The molecule has 1 heterocycles. The van der Waals surface area contributed by atoms with Crippen molar-refractivity contribution in [1.82, 2.24) is 9.80 Å². The van der Waals surface area contributed by atoms with Gasteiger partial charge >= 0.3 is 12.0 Å². The summed E-state index contributed by atoms with van der Waals surface area (Å²) in [7, 11) is 0. The van der Waals surface area contributed by atoms with Crippen LogP contribution in [-0.2, 0) is 4.79 Å². The van der Waals surface area contributed by atoms with Gasteiger partial charge in [-0.05, 0) is 32.6 Å². The maximum atomic E-state index is 12.4. The Bertz CT molecular complexity index is 307. The van der Waals surface area contributed by atoms with E-state index in [1.54, 1.807) is 9.80 Å². The molecule has 0 aromatic rings. The van der Waals surface area contributed by atoms with Gasteiger partial charge in [0.15, 0.2) is 0 Å². The summed E-state index contributed by atoms with van der Waals surface area (Å²) >= 11 is 0. The highest BCUT2D eigenvalue weighted by molar-refractivity contribution is 5.76. The molecule has 1 saturated heterocycles. The fourth-order valence-corrected chi connectivity index (χ4v) is 2.50. The van der Waals surface area contributed by atoms with Crippen LogP contribution in [0.1, 0.15) is 39.0 Å². The van der Waals surface area contributed by atoms with E-state index in [0.717, 1.165) is 19.3 Å². The first-order chi connectivity index (χ1) is 9.10. The number of hydrogen-bond acceptors (Lipinski definition) is 3. The summed E-state index contributed by atoms with van der Waals surface area (Å²) in [6.07, 6.45) is 3.54. The van der Waals surface area contributed by atoms with E-state index in [1.165, 1.54) is 0 Å². The second-order valence-corrected chi connectivity index (χ2v) is 4.86. The van der Waals surface area contributed by atoms with Gasteiger partial charge in [0.1, 0.15) is 0 Å². The van der Waals surface area contributed by atoms with Crippen LogP contribution in [0.3, 0.4) is 0 Å². The zero-order chi connectivity index (χ0) is 14.3. The molecule has 0 aliphatic carbocycles. The summed E-state index contributed by atoms with van der Waals surface area (Å²) in [5, 5.41) is 17.8. The number of carboxylic acids is 1. The van der Waals surface area contributed by atoms with Gasteiger partial charge in [0, 0.05) is 32.3 Å². The van der Waals surface area contributed by atoms with Crippen LogP contribution in [0.15, 0.2) is 0 Å². The topological polar surface area (TPSA) is 81.1 Å². The maximum Gasteiger partial charge on any atom is 0.320 e. The van der Waals surface area contributed by atoms with Gasteiger partial charge in [0.25, 0.3) is 0 Å². The zero-order valence-electron chi connectivity index (χ0n) is 11.5. The van der Waals surface area contributed by atoms with Crippen LogP contribution in [-0.4, -0.2) is 64.3 Å². The normalized spacial score (nSPS) is 19.3. The van der Waals surface area contributed by atoms with Gasteiger partial charge in [0.2, 0.25) is 0 Å². The Morgan fingerprint density at radius 2 is 2.11 bits per heavy atom. The number of rotatable bonds is 6. The van der Waals surface area contributed by atoms with Crippen LogP contribution in [0, 0.1) is 0 Å². The summed E-state index contributed by atoms with van der Waals surface area (Å²) in [4.78, 5) is 26.4. The van der Waals surface area contributed by atoms with Crippen molar-refractivity contribution < 1.29 is 19.8 Å². The van der Waals surface area contributed by atoms with Crippen molar-refractivity contribution in [2.75, 3.05) is 26.2 Å². The van der Waals surface area contributed by atoms with E-state index in [1.807, 2.05) is 6.92 Å². The van der Waals surface area contributed by atoms with E-state index < -0.39 is 5.97 Å². The van der Waals surface area contributed by atoms with Crippen LogP contribution in [0.2, 0.25) is 0 Å². The highest BCUT2D eigenvalue weighted by Crippen LogP contribution is 2.21. The molecule has 0 radical (unpaired) electrons. The molecular formula is C13H24N2O4. The third-order valence-electron chi connectivity index (χ3n) is 3.58. The van der Waals surface area contributed by atoms with Crippen molar-refractivity contribution in [2.45, 2.75) is 45.1 Å². The number of aliphatic hydroxyl groups excluding tert-OH is 1. The number of urea groups is 1. The number of piperidine rings is 1. The molecule has 0 bridgehead atoms. The molecule has 110 valence electrons. The van der Waals surface area contributed by atoms with Crippen LogP contribution < -0.4 is 0 Å². The molecule has 1 rings (SSSR count). The molecule has 2 amide bonds. The molecule has 6 nitrogen and oxygen atoms in total. The van der Waals surface area contributed by atoms with E-state index in [0.29, 0.717) is 19.5 Å². The Labute approximate surface area is 114 Å². The van der Waals surface area contributed by atoms with Gasteiger partial charge in [-0.1, -0.05) is 0 Å². The molecule has 0 spiro atoms. The molecule has 0 aromatic heterocycles. The van der Waals surface area contributed by atoms with Crippen LogP contribution in [0.4, 0.5) is 4.79 Å². The summed E-state index contributed by atoms with van der Waals surface area (Å²) in [5.74, 6) is -0.892. The quantitative estimate of drug-likeness (QED) is 0.759. The first kappa shape index (κ1) is 15.8. The lowest BCUT2D eigenvalue weighted by atomic mass is 10.00. The Hall–Kier alpha value is -1.30. The van der Waals surface area contributed by atoms with Crippen LogP contribution in [0.25, 0.3) is 0 Å². The van der Waals surface area contributed by atoms with Gasteiger partial charge in [-0.2, -0.15) is 0 Å². The lowest BCUT2D eigenvalue weighted by molar-refractivity contribution is -0.137. The molecular weight excluding hydrogens is 248 g/mol. The molecule has 1 unspecified atom stereocenters. The van der Waals surface area contributed by atoms with Gasteiger partial charge in [-0.3, -0.25) is 4.79 Å². The molecule has 0 aromatic carbocycles. The number of amides is 2. The number of carbonyl (C=O) groups is 2. The standard InChI is InChI=1S/C13H24N2O4/c1-2-14(9-6-12(17)18)13(19)15-8-4-3-5-11(15)7-10-16/h11,16H,2-10H2,1H3,(H,17,18). The van der Waals surface area contributed by atoms with E-state index in [9.17, 15) is 9.59 Å². The average Bonchev–Trinajstić information content (AvgIpc) is 2.40. The van der Waals surface area contributed by atoms with Gasteiger partial charge < -0.3 is 20.0 Å². The molecule has 1 aliphatic heterocycles. The molecule has 1 aliphatic rings. The second-order valence-electron chi connectivity index (χ2n) is 4.86. The Morgan fingerprint density at radius 1 is 1.37 bits per heavy atom. The van der Waals surface area contributed by atoms with E-state index >= 15 is 0 Å². The van der Waals surface area contributed by atoms with Crippen molar-refractivity contribution >= 4 is 12.0 Å². The first-order valence-electron chi connectivity index (χ1n) is 6.98. The van der Waals surface area contributed by atoms with Crippen molar-refractivity contribution in [3.05, 3.63) is 0 Å². The van der Waals surface area contributed by atoms with Crippen LogP contribution in [0.5, 0.6) is 0 Å². The van der Waals surface area contributed by atoms with E-state index in [4.69, 9.17) is 10.2 Å². The smallest absolute Gasteiger partial charge is 0.320 e. The van der Waals surface area contributed by atoms with Crippen LogP contribution >= 0.6 is 0 Å². The van der Waals surface area contributed by atoms with Crippen molar-refractivity contribution in [3.63, 3.8) is 0 Å². The Morgan fingerprint density at radius 3 is 2.68 bits per heavy atom. The van der Waals surface area contributed by atoms with Gasteiger partial charge in [-0.25, -0.2) is 4.79 Å². The molecule has 0 saturated carbocycles. The number of nitrogens with zero attached hydrogens (tertiary/aromatic N) is 2. The molecule has 19 heavy (non-hydrogen) atoms. The molecule has 2 N–H and O–H groups in total. The first-order valence-corrected chi connectivity index (χ1v) is 6.98. The van der Waals surface area contributed by atoms with Gasteiger partial charge in [0.05, 0.1) is 6.42 Å². The predicted octanol–water partition coefficient (Wildman–Crippen LogP) is 1.14. The molecule has 1 fully saturated rings. The Kier molecular flexibility index (Phi) is 6.62. The lowest BCUT2D eigenvalue weighted by Crippen LogP contribution is -2.51. The lowest BCUT2D eigenvalue weighted by Gasteiger charge is -2.38. The molecule has 6 heteroatoms. The largest absolute Gasteiger partial charge is 0.481 e. The highest BCUT2D eigenvalue weighted by Gasteiger charge is 2.29. The minimum Gasteiger partial charge on any atom is -0.481 e. The SMILES string of the molecule is CCN(CCC(=O)O)C(=O)N1CCCCC1CCO. The fourth-order valence-electron chi connectivity index (χ4n) is 2.50. The zero-order valence-corrected chi connectivity index (χ0v) is 11.5. The minimum absolute atomic E-state index is 0.0297. The monoisotopic (exact) mass is 272 g/mol. The van der Waals surface area contributed by atoms with E-state index in [-0.39, 0.29) is 31.6 Å². The Balaban J connectivity index is 2.62. The fraction of sp³-hybridized carbons (Fsp3) is 0.846. The number of carboxylic acid groups (broad SMARTS) is 1. The summed E-state index contributed by atoms with van der Waals surface area (Å²) < 4.78 is 0. The second kappa shape index (κ2) is 7.99. The predicted molar refractivity (Wildman–Crippen MR) is 70.9 cm³/mol. The number of aliphatic hydroxyl groups is 1. The number of carbonyl (C=O) groups excluding carboxylic acids is 1. The highest BCUT2D eigenvalue weighted by atomic mass is 16.4. The summed E-state index contributed by atoms with van der Waals surface area (Å²) in [6, 6.07) is -0.00738. The molecule has 1 atom stereocenters.